The lowest BCUT2D eigenvalue weighted by Gasteiger charge is -2.34. The summed E-state index contributed by atoms with van der Waals surface area (Å²) < 4.78 is 6.54. The van der Waals surface area contributed by atoms with Crippen LogP contribution in [0.4, 0.5) is 17.1 Å². The van der Waals surface area contributed by atoms with E-state index in [0.717, 1.165) is 51.7 Å². The van der Waals surface area contributed by atoms with Crippen LogP contribution in [-0.2, 0) is 10.8 Å². The third-order valence-corrected chi connectivity index (χ3v) is 18.0. The van der Waals surface area contributed by atoms with Crippen LogP contribution in [0.3, 0.4) is 0 Å². The molecule has 0 atom stereocenters. The van der Waals surface area contributed by atoms with Crippen LogP contribution in [0.2, 0.25) is 0 Å². The summed E-state index contributed by atoms with van der Waals surface area (Å²) in [7, 11) is 0. The van der Waals surface area contributed by atoms with E-state index in [1.807, 2.05) is 0 Å². The lowest BCUT2D eigenvalue weighted by atomic mass is 9.70. The number of para-hydroxylation sites is 1. The molecule has 74 heavy (non-hydrogen) atoms. The topological polar surface area (TPSA) is 16.4 Å². The Kier molecular flexibility index (Phi) is 8.13. The van der Waals surface area contributed by atoms with Gasteiger partial charge in [0.2, 0.25) is 0 Å². The van der Waals surface area contributed by atoms with Gasteiger partial charge in [0.05, 0.1) is 16.8 Å². The molecule has 2 heteroatoms. The van der Waals surface area contributed by atoms with Crippen molar-refractivity contribution in [3.63, 3.8) is 0 Å². The van der Waals surface area contributed by atoms with Gasteiger partial charge in [-0.2, -0.15) is 0 Å². The van der Waals surface area contributed by atoms with Crippen molar-refractivity contribution >= 4 is 71.3 Å². The molecule has 1 heterocycles. The number of hydrogen-bond acceptors (Lipinski definition) is 2. The van der Waals surface area contributed by atoms with Gasteiger partial charge in [-0.15, -0.1) is 0 Å². The van der Waals surface area contributed by atoms with Crippen LogP contribution in [0, 0.1) is 0 Å². The summed E-state index contributed by atoms with van der Waals surface area (Å²) in [6, 6.07) is 90.0. The highest BCUT2D eigenvalue weighted by atomic mass is 16.3. The lowest BCUT2D eigenvalue weighted by Crippen LogP contribution is -2.26. The molecule has 0 amide bonds. The second kappa shape index (κ2) is 14.8. The van der Waals surface area contributed by atoms with Crippen molar-refractivity contribution in [1.29, 1.82) is 0 Å². The van der Waals surface area contributed by atoms with Gasteiger partial charge in [-0.3, -0.25) is 0 Å². The minimum Gasteiger partial charge on any atom is -0.456 e. The molecule has 4 aliphatic rings. The van der Waals surface area contributed by atoms with Gasteiger partial charge in [-0.1, -0.05) is 201 Å². The molecule has 1 aromatic heterocycles. The van der Waals surface area contributed by atoms with E-state index in [4.69, 9.17) is 4.42 Å². The molecule has 1 saturated carbocycles. The summed E-state index contributed by atoms with van der Waals surface area (Å²) in [4.78, 5) is 2.67. The van der Waals surface area contributed by atoms with Gasteiger partial charge in [0.15, 0.2) is 0 Å². The third kappa shape index (κ3) is 5.15. The zero-order chi connectivity index (χ0) is 48.3. The van der Waals surface area contributed by atoms with Gasteiger partial charge in [-0.25, -0.2) is 0 Å². The van der Waals surface area contributed by atoms with Gasteiger partial charge in [0, 0.05) is 33.0 Å². The van der Waals surface area contributed by atoms with Crippen LogP contribution in [0.5, 0.6) is 0 Å². The summed E-state index contributed by atoms with van der Waals surface area (Å²) in [6.07, 6.45) is 4.80. The fourth-order valence-electron chi connectivity index (χ4n) is 15.1. The van der Waals surface area contributed by atoms with E-state index in [9.17, 15) is 0 Å². The van der Waals surface area contributed by atoms with Crippen molar-refractivity contribution in [2.45, 2.75) is 36.5 Å². The second-order valence-electron chi connectivity index (χ2n) is 21.3. The minimum absolute atomic E-state index is 0.0107. The number of fused-ring (bicyclic) bond motifs is 24. The van der Waals surface area contributed by atoms with Crippen molar-refractivity contribution in [3.8, 4) is 44.5 Å². The Bertz CT molecular complexity index is 4500. The maximum absolute atomic E-state index is 6.54. The highest BCUT2D eigenvalue weighted by Gasteiger charge is 2.52. The molecule has 346 valence electrons. The van der Waals surface area contributed by atoms with Crippen LogP contribution in [0.1, 0.15) is 59.1 Å². The Labute approximate surface area is 429 Å². The fourth-order valence-corrected chi connectivity index (χ4v) is 15.1. The first-order chi connectivity index (χ1) is 36.7. The molecule has 0 radical (unpaired) electrons. The quantitative estimate of drug-likeness (QED) is 0.164. The Morgan fingerprint density at radius 2 is 0.838 bits per heavy atom. The maximum Gasteiger partial charge on any atom is 0.135 e. The molecule has 2 nitrogen and oxygen atoms in total. The first kappa shape index (κ1) is 40.6. The van der Waals surface area contributed by atoms with E-state index in [-0.39, 0.29) is 5.41 Å². The summed E-state index contributed by atoms with van der Waals surface area (Å²) in [5.74, 6) is 0. The maximum atomic E-state index is 6.54. The number of nitrogens with zero attached hydrogens (tertiary/aromatic N) is 1. The van der Waals surface area contributed by atoms with E-state index in [1.165, 1.54) is 123 Å². The van der Waals surface area contributed by atoms with Crippen molar-refractivity contribution in [2.24, 2.45) is 0 Å². The van der Waals surface area contributed by atoms with Gasteiger partial charge in [0.25, 0.3) is 0 Å². The predicted octanol–water partition coefficient (Wildman–Crippen LogP) is 19.4. The van der Waals surface area contributed by atoms with Crippen molar-refractivity contribution < 1.29 is 4.42 Å². The molecule has 0 aliphatic heterocycles. The van der Waals surface area contributed by atoms with Crippen molar-refractivity contribution in [1.82, 2.24) is 0 Å². The molecule has 13 aromatic rings. The lowest BCUT2D eigenvalue weighted by molar-refractivity contribution is 0.550. The highest BCUT2D eigenvalue weighted by molar-refractivity contribution is 6.26. The van der Waals surface area contributed by atoms with Gasteiger partial charge in [-0.05, 0) is 160 Å². The number of anilines is 3. The average molecular weight is 942 g/mol. The molecular formula is C72H47NO. The van der Waals surface area contributed by atoms with Crippen molar-refractivity contribution in [3.05, 3.63) is 270 Å². The molecule has 0 unspecified atom stereocenters. The van der Waals surface area contributed by atoms with E-state index in [1.54, 1.807) is 0 Å². The Hall–Kier alpha value is -8.98. The number of hydrogen-bond donors (Lipinski definition) is 0. The molecule has 1 fully saturated rings. The first-order valence-corrected chi connectivity index (χ1v) is 26.5. The van der Waals surface area contributed by atoms with E-state index in [0.29, 0.717) is 0 Å². The van der Waals surface area contributed by atoms with Crippen LogP contribution in [0.15, 0.2) is 241 Å². The number of rotatable bonds is 4. The third-order valence-electron chi connectivity index (χ3n) is 18.0. The molecule has 0 N–H and O–H groups in total. The Morgan fingerprint density at radius 1 is 0.311 bits per heavy atom. The molecule has 4 aliphatic carbocycles. The summed E-state index contributed by atoms with van der Waals surface area (Å²) in [5, 5.41) is 9.84. The smallest absolute Gasteiger partial charge is 0.135 e. The Morgan fingerprint density at radius 3 is 1.51 bits per heavy atom. The van der Waals surface area contributed by atoms with Crippen LogP contribution in [0.25, 0.3) is 98.8 Å². The van der Waals surface area contributed by atoms with Crippen LogP contribution >= 0.6 is 0 Å². The van der Waals surface area contributed by atoms with Gasteiger partial charge in [0.1, 0.15) is 11.2 Å². The molecular weight excluding hydrogens is 895 g/mol. The normalized spacial score (nSPS) is 15.0. The van der Waals surface area contributed by atoms with Gasteiger partial charge >= 0.3 is 0 Å². The van der Waals surface area contributed by atoms with Crippen LogP contribution in [-0.4, -0.2) is 0 Å². The molecule has 0 saturated heterocycles. The first-order valence-electron chi connectivity index (χ1n) is 26.5. The minimum atomic E-state index is -0.541. The highest BCUT2D eigenvalue weighted by Crippen LogP contribution is 2.66. The summed E-state index contributed by atoms with van der Waals surface area (Å²) in [5.41, 5.74) is 23.2. The number of benzene rings is 12. The molecule has 0 bridgehead atoms. The standard InChI is InChI=1S/C72H47NO/c1-2-20-48-46(18-1)47-19-3-4-21-49(47)57-41-45(35-36-50(48)57)73(66-32-17-31-64-70(66)55-26-8-10-27-60(55)71(64)38-15-16-39-71)67-43-65-58(42-56(67)44-34-37-69-59(40-44)54-25-9-14-33-68(54)74-69)53-24-7-13-30-63(53)72(65)61-28-11-5-22-51(61)52-23-6-12-29-62(52)72/h1-14,17-37,40-43H,15-16,38-39H2. The van der Waals surface area contributed by atoms with Crippen molar-refractivity contribution in [2.75, 3.05) is 4.90 Å². The summed E-state index contributed by atoms with van der Waals surface area (Å²) in [6.45, 7) is 0. The zero-order valence-corrected chi connectivity index (χ0v) is 40.7. The SMILES string of the molecule is c1ccc2c(c1)-c1c(N(c3ccc4c5ccccc5c5ccccc5c4c3)c3cc4c(cc3-c3ccc5oc6ccccc6c5c3)-c3ccccc3C43c4ccccc4-c4ccccc43)cccc1C21CCCC1. The largest absolute Gasteiger partial charge is 0.456 e. The average Bonchev–Trinajstić information content (AvgIpc) is 4.31. The molecule has 17 rings (SSSR count). The second-order valence-corrected chi connectivity index (χ2v) is 21.3. The van der Waals surface area contributed by atoms with E-state index in [2.05, 4.69) is 241 Å². The van der Waals surface area contributed by atoms with E-state index >= 15 is 0 Å². The molecule has 12 aromatic carbocycles. The van der Waals surface area contributed by atoms with Gasteiger partial charge < -0.3 is 9.32 Å². The summed E-state index contributed by atoms with van der Waals surface area (Å²) >= 11 is 0. The monoisotopic (exact) mass is 941 g/mol. The number of furan rings is 1. The fraction of sp³-hybridized carbons (Fsp3) is 0.0833. The van der Waals surface area contributed by atoms with E-state index < -0.39 is 5.41 Å². The predicted molar refractivity (Wildman–Crippen MR) is 307 cm³/mol. The zero-order valence-electron chi connectivity index (χ0n) is 40.7. The molecule has 2 spiro atoms. The Balaban J connectivity index is 1.04. The van der Waals surface area contributed by atoms with Crippen LogP contribution < -0.4 is 4.90 Å².